The van der Waals surface area contributed by atoms with Crippen LogP contribution in [0.15, 0.2) is 0 Å². The van der Waals surface area contributed by atoms with Crippen LogP contribution in [0.1, 0.15) is 13.3 Å². The second-order valence-electron chi connectivity index (χ2n) is 2.11. The molecule has 0 N–H and O–H groups in total. The number of rotatable bonds is 2. The molecule has 0 atom stereocenters. The van der Waals surface area contributed by atoms with Crippen molar-refractivity contribution in [3.63, 3.8) is 0 Å². The maximum Gasteiger partial charge on any atom is 0.00278 e. The van der Waals surface area contributed by atoms with Crippen molar-refractivity contribution in [3.05, 3.63) is 0 Å². The second-order valence-corrected chi connectivity index (χ2v) is 5.32. The van der Waals surface area contributed by atoms with Crippen molar-refractivity contribution in [2.24, 2.45) is 0 Å². The van der Waals surface area contributed by atoms with Gasteiger partial charge >= 0.3 is 0 Å². The summed E-state index contributed by atoms with van der Waals surface area (Å²) < 4.78 is 12.5. The maximum atomic E-state index is 12.5. The number of hydrogen-bond acceptors (Lipinski definition) is 0. The van der Waals surface area contributed by atoms with Crippen LogP contribution < -0.4 is 0 Å². The Hall–Kier alpha value is 0.280. The second kappa shape index (κ2) is 2.55. The van der Waals surface area contributed by atoms with E-state index >= 15 is 0 Å². The molecule has 0 radical (unpaired) electrons. The number of hydrogen-bond donors (Lipinski definition) is 0. The van der Waals surface area contributed by atoms with Crippen LogP contribution in [0.2, 0.25) is 0 Å². The minimum absolute atomic E-state index is 0.757. The Morgan fingerprint density at radius 1 is 1.43 bits per heavy atom. The van der Waals surface area contributed by atoms with Gasteiger partial charge in [0.05, 0.1) is 0 Å². The van der Waals surface area contributed by atoms with Crippen LogP contribution >= 0.6 is 10.4 Å². The third kappa shape index (κ3) is 6.28. The molecule has 0 aromatic heterocycles. The Morgan fingerprint density at radius 2 is 1.86 bits per heavy atom. The predicted octanol–water partition coefficient (Wildman–Crippen LogP) is 2.35. The van der Waals surface area contributed by atoms with Gasteiger partial charge in [-0.2, -0.15) is 3.89 Å². The van der Waals surface area contributed by atoms with E-state index < -0.39 is 10.4 Å². The molecule has 0 fully saturated rings. The number of halogens is 1. The zero-order valence-corrected chi connectivity index (χ0v) is 6.02. The summed E-state index contributed by atoms with van der Waals surface area (Å²) in [4.78, 5) is 0. The molecule has 0 aliphatic carbocycles. The Morgan fingerprint density at radius 3 is 1.86 bits per heavy atom. The molecular formula is C5H13FS. The third-order valence-corrected chi connectivity index (χ3v) is 2.07. The largest absolute Gasteiger partial charge is 0.190 e. The molecule has 0 aromatic carbocycles. The molecular weight excluding hydrogens is 111 g/mol. The van der Waals surface area contributed by atoms with Gasteiger partial charge in [0, 0.05) is 5.75 Å². The fourth-order valence-electron chi connectivity index (χ4n) is 0.485. The van der Waals surface area contributed by atoms with E-state index in [1.807, 2.05) is 6.92 Å². The minimum Gasteiger partial charge on any atom is -0.190 e. The van der Waals surface area contributed by atoms with Gasteiger partial charge in [-0.1, -0.05) is 17.3 Å². The normalized spacial score (nSPS) is 14.3. The average Bonchev–Trinajstić information content (AvgIpc) is 1.30. The van der Waals surface area contributed by atoms with Gasteiger partial charge in [0.25, 0.3) is 0 Å². The Balaban J connectivity index is 3.15. The van der Waals surface area contributed by atoms with Crippen LogP contribution in [0, 0.1) is 0 Å². The van der Waals surface area contributed by atoms with Crippen LogP contribution in [0.25, 0.3) is 0 Å². The Labute approximate surface area is 46.7 Å². The van der Waals surface area contributed by atoms with Crippen molar-refractivity contribution in [2.75, 3.05) is 18.3 Å². The zero-order chi connectivity index (χ0) is 5.91. The van der Waals surface area contributed by atoms with Crippen LogP contribution in [0.5, 0.6) is 0 Å². The van der Waals surface area contributed by atoms with Gasteiger partial charge in [-0.15, -0.1) is 0 Å². The van der Waals surface area contributed by atoms with E-state index in [1.54, 1.807) is 12.5 Å². The van der Waals surface area contributed by atoms with E-state index in [-0.39, 0.29) is 0 Å². The summed E-state index contributed by atoms with van der Waals surface area (Å²) in [7, 11) is -1.67. The van der Waals surface area contributed by atoms with Gasteiger partial charge in [0.15, 0.2) is 0 Å². The van der Waals surface area contributed by atoms with Crippen molar-refractivity contribution in [1.82, 2.24) is 0 Å². The summed E-state index contributed by atoms with van der Waals surface area (Å²) in [6, 6.07) is 0. The average molecular weight is 124 g/mol. The van der Waals surface area contributed by atoms with Gasteiger partial charge in [-0.05, 0) is 18.9 Å². The molecule has 0 saturated heterocycles. The minimum atomic E-state index is -1.67. The predicted molar refractivity (Wildman–Crippen MR) is 35.7 cm³/mol. The van der Waals surface area contributed by atoms with Crippen LogP contribution in [0.3, 0.4) is 0 Å². The summed E-state index contributed by atoms with van der Waals surface area (Å²) in [5.41, 5.74) is 0. The topological polar surface area (TPSA) is 0 Å². The summed E-state index contributed by atoms with van der Waals surface area (Å²) >= 11 is 0. The van der Waals surface area contributed by atoms with Crippen molar-refractivity contribution < 1.29 is 3.89 Å². The van der Waals surface area contributed by atoms with Gasteiger partial charge in [-0.25, -0.2) is 0 Å². The van der Waals surface area contributed by atoms with Crippen LogP contribution in [-0.2, 0) is 0 Å². The summed E-state index contributed by atoms with van der Waals surface area (Å²) in [6.45, 7) is 2.01. The molecule has 0 amide bonds. The highest BCUT2D eigenvalue weighted by Crippen LogP contribution is 2.41. The lowest BCUT2D eigenvalue weighted by molar-refractivity contribution is 0.886. The summed E-state index contributed by atoms with van der Waals surface area (Å²) in [5.74, 6) is 0.757. The SMILES string of the molecule is CCCS(C)(C)F. The van der Waals surface area contributed by atoms with Gasteiger partial charge in [0.2, 0.25) is 0 Å². The molecule has 0 saturated carbocycles. The molecule has 0 nitrogen and oxygen atoms in total. The molecule has 0 aromatic rings. The highest BCUT2D eigenvalue weighted by Gasteiger charge is 2.04. The molecule has 46 valence electrons. The van der Waals surface area contributed by atoms with Crippen molar-refractivity contribution in [3.8, 4) is 0 Å². The third-order valence-electron chi connectivity index (χ3n) is 0.690. The molecule has 2 heteroatoms. The standard InChI is InChI=1S/C5H13FS/c1-4-5-7(2,3)6/h4-5H2,1-3H3. The molecule has 0 aliphatic rings. The van der Waals surface area contributed by atoms with Gasteiger partial charge < -0.3 is 0 Å². The van der Waals surface area contributed by atoms with Crippen LogP contribution in [-0.4, -0.2) is 18.3 Å². The van der Waals surface area contributed by atoms with E-state index in [2.05, 4.69) is 0 Å². The summed E-state index contributed by atoms with van der Waals surface area (Å²) in [6.07, 6.45) is 4.35. The lowest BCUT2D eigenvalue weighted by Gasteiger charge is -2.17. The molecule has 0 heterocycles. The lowest BCUT2D eigenvalue weighted by Crippen LogP contribution is -1.90. The molecule has 0 unspecified atom stereocenters. The first kappa shape index (κ1) is 7.28. The fraction of sp³-hybridized carbons (Fsp3) is 1.00. The van der Waals surface area contributed by atoms with Gasteiger partial charge in [-0.3, -0.25) is 0 Å². The maximum absolute atomic E-state index is 12.5. The van der Waals surface area contributed by atoms with Gasteiger partial charge in [0.1, 0.15) is 0 Å². The van der Waals surface area contributed by atoms with Crippen LogP contribution in [0.4, 0.5) is 3.89 Å². The fourth-order valence-corrected chi connectivity index (χ4v) is 1.46. The Kier molecular flexibility index (Phi) is 2.66. The first-order valence-corrected chi connectivity index (χ1v) is 4.99. The lowest BCUT2D eigenvalue weighted by atomic mass is 10.6. The first-order chi connectivity index (χ1) is 3.06. The van der Waals surface area contributed by atoms with E-state index in [1.165, 1.54) is 0 Å². The molecule has 0 aliphatic heterocycles. The first-order valence-electron chi connectivity index (χ1n) is 2.47. The molecule has 0 rings (SSSR count). The highest BCUT2D eigenvalue weighted by molar-refractivity contribution is 8.28. The quantitative estimate of drug-likeness (QED) is 0.530. The highest BCUT2D eigenvalue weighted by atomic mass is 32.3. The van der Waals surface area contributed by atoms with E-state index in [9.17, 15) is 3.89 Å². The van der Waals surface area contributed by atoms with E-state index in [0.717, 1.165) is 12.2 Å². The Bertz CT molecular complexity index is 46.5. The smallest absolute Gasteiger partial charge is 0.00278 e. The van der Waals surface area contributed by atoms with E-state index in [0.29, 0.717) is 0 Å². The zero-order valence-electron chi connectivity index (χ0n) is 5.20. The van der Waals surface area contributed by atoms with Crippen molar-refractivity contribution >= 4 is 10.4 Å². The molecule has 0 bridgehead atoms. The van der Waals surface area contributed by atoms with E-state index in [4.69, 9.17) is 0 Å². The van der Waals surface area contributed by atoms with Crippen molar-refractivity contribution in [1.29, 1.82) is 0 Å². The summed E-state index contributed by atoms with van der Waals surface area (Å²) in [5, 5.41) is 0. The van der Waals surface area contributed by atoms with Crippen molar-refractivity contribution in [2.45, 2.75) is 13.3 Å². The molecule has 7 heavy (non-hydrogen) atoms. The monoisotopic (exact) mass is 124 g/mol. The molecule has 0 spiro atoms.